The lowest BCUT2D eigenvalue weighted by Crippen LogP contribution is -2.30. The highest BCUT2D eigenvalue weighted by Crippen LogP contribution is 2.14. The first-order valence-corrected chi connectivity index (χ1v) is 9.55. The number of hydrogen-bond acceptors (Lipinski definition) is 7. The molecule has 0 unspecified atom stereocenters. The number of carbonyl (C=O) groups excluding carboxylic acids is 3. The Kier molecular flexibility index (Phi) is 7.05. The van der Waals surface area contributed by atoms with Crippen LogP contribution in [-0.4, -0.2) is 53.1 Å². The summed E-state index contributed by atoms with van der Waals surface area (Å²) in [6.07, 6.45) is 0.503. The van der Waals surface area contributed by atoms with E-state index in [2.05, 4.69) is 10.4 Å². The van der Waals surface area contributed by atoms with Gasteiger partial charge in [-0.1, -0.05) is 30.3 Å². The molecule has 10 nitrogen and oxygen atoms in total. The maximum atomic E-state index is 12.2. The highest BCUT2D eigenvalue weighted by Gasteiger charge is 2.22. The van der Waals surface area contributed by atoms with Crippen molar-refractivity contribution >= 4 is 29.2 Å². The molecule has 10 heteroatoms. The predicted molar refractivity (Wildman–Crippen MR) is 110 cm³/mol. The van der Waals surface area contributed by atoms with Crippen LogP contribution in [0.2, 0.25) is 0 Å². The lowest BCUT2D eigenvalue weighted by atomic mass is 10.1. The van der Waals surface area contributed by atoms with Crippen molar-refractivity contribution in [1.29, 1.82) is 0 Å². The van der Waals surface area contributed by atoms with Crippen molar-refractivity contribution in [3.63, 3.8) is 0 Å². The standard InChI is InChI=1S/C21H20N4O6/c26-19(24-13-11-18(23-24)15-4-2-1-3-5-15)14-31-20(27)10-12-22-21(28)16-6-8-17(9-7-16)25(29)30/h1-9H,10-14H2,(H,22,28). The van der Waals surface area contributed by atoms with Gasteiger partial charge in [-0.25, -0.2) is 5.01 Å². The van der Waals surface area contributed by atoms with Gasteiger partial charge >= 0.3 is 5.97 Å². The number of nitro benzene ring substituents is 1. The van der Waals surface area contributed by atoms with E-state index >= 15 is 0 Å². The number of nitrogens with zero attached hydrogens (tertiary/aromatic N) is 3. The molecule has 31 heavy (non-hydrogen) atoms. The van der Waals surface area contributed by atoms with Crippen molar-refractivity contribution in [3.05, 3.63) is 75.8 Å². The molecule has 0 aromatic heterocycles. The molecule has 160 valence electrons. The van der Waals surface area contributed by atoms with E-state index in [1.165, 1.54) is 29.3 Å². The largest absolute Gasteiger partial charge is 0.455 e. The predicted octanol–water partition coefficient (Wildman–Crippen LogP) is 1.89. The molecule has 0 fully saturated rings. The number of benzene rings is 2. The summed E-state index contributed by atoms with van der Waals surface area (Å²) in [5.41, 5.74) is 1.85. The Morgan fingerprint density at radius 1 is 1.10 bits per heavy atom. The van der Waals surface area contributed by atoms with Crippen LogP contribution in [0.1, 0.15) is 28.8 Å². The van der Waals surface area contributed by atoms with Crippen molar-refractivity contribution in [3.8, 4) is 0 Å². The molecule has 1 aliphatic rings. The fraction of sp³-hybridized carbons (Fsp3) is 0.238. The van der Waals surface area contributed by atoms with Gasteiger partial charge in [0.15, 0.2) is 6.61 Å². The van der Waals surface area contributed by atoms with Crippen LogP contribution >= 0.6 is 0 Å². The average Bonchev–Trinajstić information content (AvgIpc) is 3.28. The molecule has 1 heterocycles. The van der Waals surface area contributed by atoms with E-state index in [0.717, 1.165) is 11.3 Å². The van der Waals surface area contributed by atoms with Crippen molar-refractivity contribution in [1.82, 2.24) is 10.3 Å². The Morgan fingerprint density at radius 3 is 2.48 bits per heavy atom. The molecule has 2 aromatic rings. The molecule has 2 amide bonds. The van der Waals surface area contributed by atoms with Gasteiger partial charge in [-0.3, -0.25) is 24.5 Å². The molecule has 0 bridgehead atoms. The number of nitrogens with one attached hydrogen (secondary N) is 1. The summed E-state index contributed by atoms with van der Waals surface area (Å²) in [4.78, 5) is 46.1. The molecule has 0 atom stereocenters. The van der Waals surface area contributed by atoms with Crippen LogP contribution in [0.4, 0.5) is 5.69 Å². The first-order chi connectivity index (χ1) is 14.9. The van der Waals surface area contributed by atoms with Crippen LogP contribution in [0.3, 0.4) is 0 Å². The van der Waals surface area contributed by atoms with Gasteiger partial charge in [0, 0.05) is 30.7 Å². The third-order valence-electron chi connectivity index (χ3n) is 4.51. The third-order valence-corrected chi connectivity index (χ3v) is 4.51. The van der Waals surface area contributed by atoms with Crippen LogP contribution < -0.4 is 5.32 Å². The Labute approximate surface area is 177 Å². The van der Waals surface area contributed by atoms with E-state index in [1.807, 2.05) is 30.3 Å². The molecule has 3 rings (SSSR count). The quantitative estimate of drug-likeness (QED) is 0.391. The number of carbonyl (C=O) groups is 3. The van der Waals surface area contributed by atoms with Gasteiger partial charge in [0.25, 0.3) is 17.5 Å². The van der Waals surface area contributed by atoms with E-state index in [1.54, 1.807) is 0 Å². The van der Waals surface area contributed by atoms with E-state index in [9.17, 15) is 24.5 Å². The molecule has 0 saturated carbocycles. The maximum absolute atomic E-state index is 12.2. The van der Waals surface area contributed by atoms with Gasteiger partial charge in [-0.05, 0) is 17.7 Å². The molecule has 2 aromatic carbocycles. The zero-order valence-corrected chi connectivity index (χ0v) is 16.5. The van der Waals surface area contributed by atoms with Gasteiger partial charge in [-0.2, -0.15) is 5.10 Å². The van der Waals surface area contributed by atoms with Crippen molar-refractivity contribution < 1.29 is 24.0 Å². The molecule has 0 aliphatic carbocycles. The number of nitro groups is 1. The van der Waals surface area contributed by atoms with Crippen LogP contribution in [0.15, 0.2) is 59.7 Å². The number of hydrazone groups is 1. The average molecular weight is 424 g/mol. The van der Waals surface area contributed by atoms with Crippen molar-refractivity contribution in [2.24, 2.45) is 5.10 Å². The summed E-state index contributed by atoms with van der Waals surface area (Å²) in [5.74, 6) is -1.53. The molecule has 1 aliphatic heterocycles. The number of non-ortho nitro benzene ring substituents is 1. The summed E-state index contributed by atoms with van der Waals surface area (Å²) in [6, 6.07) is 14.6. The Morgan fingerprint density at radius 2 is 1.81 bits per heavy atom. The molecule has 1 N–H and O–H groups in total. The second-order valence-electron chi connectivity index (χ2n) is 6.65. The van der Waals surface area contributed by atoms with Gasteiger partial charge in [0.05, 0.1) is 23.6 Å². The van der Waals surface area contributed by atoms with E-state index in [0.29, 0.717) is 13.0 Å². The minimum atomic E-state index is -0.635. The topological polar surface area (TPSA) is 131 Å². The molecular weight excluding hydrogens is 404 g/mol. The number of amides is 2. The summed E-state index contributed by atoms with van der Waals surface area (Å²) < 4.78 is 4.96. The molecule has 0 spiro atoms. The second kappa shape index (κ2) is 10.1. The zero-order valence-electron chi connectivity index (χ0n) is 16.5. The van der Waals surface area contributed by atoms with Gasteiger partial charge < -0.3 is 10.1 Å². The SMILES string of the molecule is O=C(CCNC(=O)c1ccc([N+](=O)[O-])cc1)OCC(=O)N1CCC(c2ccccc2)=N1. The first-order valence-electron chi connectivity index (χ1n) is 9.55. The summed E-state index contributed by atoms with van der Waals surface area (Å²) in [6.45, 7) is -0.00449. The zero-order chi connectivity index (χ0) is 22.2. The smallest absolute Gasteiger partial charge is 0.308 e. The maximum Gasteiger partial charge on any atom is 0.308 e. The van der Waals surface area contributed by atoms with Gasteiger partial charge in [0.1, 0.15) is 0 Å². The third kappa shape index (κ3) is 5.95. The molecule has 0 saturated heterocycles. The Balaban J connectivity index is 1.38. The minimum absolute atomic E-state index is 0.00284. The van der Waals surface area contributed by atoms with Crippen molar-refractivity contribution in [2.75, 3.05) is 19.7 Å². The number of ether oxygens (including phenoxy) is 1. The second-order valence-corrected chi connectivity index (χ2v) is 6.65. The number of rotatable bonds is 8. The van der Waals surface area contributed by atoms with Crippen LogP contribution in [0.5, 0.6) is 0 Å². The van der Waals surface area contributed by atoms with Crippen molar-refractivity contribution in [2.45, 2.75) is 12.8 Å². The van der Waals surface area contributed by atoms with E-state index < -0.39 is 29.3 Å². The van der Waals surface area contributed by atoms with Crippen LogP contribution in [0.25, 0.3) is 0 Å². The Hall–Kier alpha value is -4.08. The molecule has 0 radical (unpaired) electrons. The highest BCUT2D eigenvalue weighted by atomic mass is 16.6. The summed E-state index contributed by atoms with van der Waals surface area (Å²) in [5, 5.41) is 18.7. The highest BCUT2D eigenvalue weighted by molar-refractivity contribution is 6.02. The number of hydrogen-bond donors (Lipinski definition) is 1. The van der Waals surface area contributed by atoms with E-state index in [4.69, 9.17) is 4.74 Å². The van der Waals surface area contributed by atoms with Gasteiger partial charge in [0.2, 0.25) is 0 Å². The lowest BCUT2D eigenvalue weighted by Gasteiger charge is -2.11. The lowest BCUT2D eigenvalue weighted by molar-refractivity contribution is -0.384. The van der Waals surface area contributed by atoms with Gasteiger partial charge in [-0.15, -0.1) is 0 Å². The normalized spacial score (nSPS) is 12.8. The summed E-state index contributed by atoms with van der Waals surface area (Å²) >= 11 is 0. The fourth-order valence-electron chi connectivity index (χ4n) is 2.87. The Bertz CT molecular complexity index is 1000. The van der Waals surface area contributed by atoms with Crippen LogP contribution in [-0.2, 0) is 14.3 Å². The van der Waals surface area contributed by atoms with Crippen LogP contribution in [0, 0.1) is 10.1 Å². The summed E-state index contributed by atoms with van der Waals surface area (Å²) in [7, 11) is 0. The van der Waals surface area contributed by atoms with E-state index in [-0.39, 0.29) is 24.2 Å². The number of esters is 1. The molecular formula is C21H20N4O6. The monoisotopic (exact) mass is 424 g/mol. The first kappa shape index (κ1) is 21.6. The fourth-order valence-corrected chi connectivity index (χ4v) is 2.87. The minimum Gasteiger partial charge on any atom is -0.455 e.